The number of benzene rings is 1. The first kappa shape index (κ1) is 14.0. The number of hydrogen-bond acceptors (Lipinski definition) is 2. The monoisotopic (exact) mass is 290 g/mol. The Kier molecular flexibility index (Phi) is 3.66. The van der Waals surface area contributed by atoms with Crippen LogP contribution in [0.3, 0.4) is 0 Å². The summed E-state index contributed by atoms with van der Waals surface area (Å²) in [6.45, 7) is 3.83. The predicted molar refractivity (Wildman–Crippen MR) is 77.4 cm³/mol. The maximum absolute atomic E-state index is 13.2. The molecule has 2 aliphatic heterocycles. The van der Waals surface area contributed by atoms with E-state index in [9.17, 15) is 14.0 Å². The number of carbonyl (C=O) groups is 2. The van der Waals surface area contributed by atoms with Gasteiger partial charge in [-0.1, -0.05) is 0 Å². The van der Waals surface area contributed by atoms with Gasteiger partial charge in [0, 0.05) is 25.3 Å². The third-order valence-electron chi connectivity index (χ3n) is 4.37. The zero-order chi connectivity index (χ0) is 15.0. The standard InChI is InChI=1S/C16H19FN2O2/c1-11-10-12(17)4-5-14(11)19-9-6-13(16(19)21)15(20)18-7-2-3-8-18/h4-5,10,13H,2-3,6-9H2,1H3. The van der Waals surface area contributed by atoms with Crippen LogP contribution in [0, 0.1) is 18.7 Å². The van der Waals surface area contributed by atoms with Crippen molar-refractivity contribution < 1.29 is 14.0 Å². The molecule has 3 rings (SSSR count). The molecule has 1 atom stereocenters. The van der Waals surface area contributed by atoms with Gasteiger partial charge in [-0.25, -0.2) is 4.39 Å². The summed E-state index contributed by atoms with van der Waals surface area (Å²) in [7, 11) is 0. The summed E-state index contributed by atoms with van der Waals surface area (Å²) in [5.74, 6) is -1.07. The minimum Gasteiger partial charge on any atom is -0.342 e. The molecule has 21 heavy (non-hydrogen) atoms. The smallest absolute Gasteiger partial charge is 0.239 e. The molecule has 0 bridgehead atoms. The molecule has 2 aliphatic rings. The van der Waals surface area contributed by atoms with Crippen LogP contribution in [-0.2, 0) is 9.59 Å². The third-order valence-corrected chi connectivity index (χ3v) is 4.37. The molecule has 1 unspecified atom stereocenters. The van der Waals surface area contributed by atoms with Gasteiger partial charge in [0.2, 0.25) is 11.8 Å². The van der Waals surface area contributed by atoms with Crippen molar-refractivity contribution in [3.8, 4) is 0 Å². The fourth-order valence-electron chi connectivity index (χ4n) is 3.23. The molecule has 1 aromatic rings. The van der Waals surface area contributed by atoms with Crippen LogP contribution in [0.15, 0.2) is 18.2 Å². The lowest BCUT2D eigenvalue weighted by Crippen LogP contribution is -2.38. The molecule has 5 heteroatoms. The molecule has 1 aromatic carbocycles. The summed E-state index contributed by atoms with van der Waals surface area (Å²) in [5.41, 5.74) is 1.43. The van der Waals surface area contributed by atoms with E-state index >= 15 is 0 Å². The summed E-state index contributed by atoms with van der Waals surface area (Å²) in [4.78, 5) is 28.3. The molecule has 0 N–H and O–H groups in total. The Morgan fingerprint density at radius 1 is 1.24 bits per heavy atom. The zero-order valence-electron chi connectivity index (χ0n) is 12.1. The SMILES string of the molecule is Cc1cc(F)ccc1N1CCC(C(=O)N2CCCC2)C1=O. The highest BCUT2D eigenvalue weighted by atomic mass is 19.1. The number of likely N-dealkylation sites (tertiary alicyclic amines) is 1. The molecular weight excluding hydrogens is 271 g/mol. The van der Waals surface area contributed by atoms with E-state index in [1.807, 2.05) is 0 Å². The number of nitrogens with zero attached hydrogens (tertiary/aromatic N) is 2. The average molecular weight is 290 g/mol. The van der Waals surface area contributed by atoms with Crippen molar-refractivity contribution in [2.24, 2.45) is 5.92 Å². The summed E-state index contributed by atoms with van der Waals surface area (Å²) in [5, 5.41) is 0. The minimum atomic E-state index is -0.562. The van der Waals surface area contributed by atoms with Gasteiger partial charge in [-0.05, 0) is 49.9 Å². The van der Waals surface area contributed by atoms with Gasteiger partial charge >= 0.3 is 0 Å². The maximum atomic E-state index is 13.2. The van der Waals surface area contributed by atoms with Gasteiger partial charge in [-0.2, -0.15) is 0 Å². The molecule has 2 heterocycles. The number of aryl methyl sites for hydroxylation is 1. The number of halogens is 1. The highest BCUT2D eigenvalue weighted by molar-refractivity contribution is 6.09. The van der Waals surface area contributed by atoms with Gasteiger partial charge in [0.25, 0.3) is 0 Å². The highest BCUT2D eigenvalue weighted by Gasteiger charge is 2.40. The minimum absolute atomic E-state index is 0.0419. The van der Waals surface area contributed by atoms with Gasteiger partial charge in [0.1, 0.15) is 11.7 Å². The van der Waals surface area contributed by atoms with Crippen molar-refractivity contribution in [1.82, 2.24) is 4.90 Å². The highest BCUT2D eigenvalue weighted by Crippen LogP contribution is 2.30. The van der Waals surface area contributed by atoms with Crippen LogP contribution in [0.2, 0.25) is 0 Å². The van der Waals surface area contributed by atoms with Gasteiger partial charge in [-0.3, -0.25) is 9.59 Å². The molecule has 112 valence electrons. The molecule has 0 saturated carbocycles. The fourth-order valence-corrected chi connectivity index (χ4v) is 3.23. The Morgan fingerprint density at radius 3 is 2.62 bits per heavy atom. The second kappa shape index (κ2) is 5.47. The van der Waals surface area contributed by atoms with Gasteiger partial charge in [0.05, 0.1) is 0 Å². The maximum Gasteiger partial charge on any atom is 0.239 e. The van der Waals surface area contributed by atoms with Crippen LogP contribution in [-0.4, -0.2) is 36.3 Å². The van der Waals surface area contributed by atoms with Gasteiger partial charge < -0.3 is 9.80 Å². The number of hydrogen-bond donors (Lipinski definition) is 0. The lowest BCUT2D eigenvalue weighted by molar-refractivity contribution is -0.139. The predicted octanol–water partition coefficient (Wildman–Crippen LogP) is 2.11. The van der Waals surface area contributed by atoms with E-state index in [4.69, 9.17) is 0 Å². The molecule has 2 amide bonds. The molecule has 0 aliphatic carbocycles. The van der Waals surface area contributed by atoms with Crippen LogP contribution in [0.1, 0.15) is 24.8 Å². The number of anilines is 1. The van der Waals surface area contributed by atoms with Crippen molar-refractivity contribution in [1.29, 1.82) is 0 Å². The van der Waals surface area contributed by atoms with Crippen molar-refractivity contribution in [2.45, 2.75) is 26.2 Å². The van der Waals surface area contributed by atoms with E-state index in [1.54, 1.807) is 22.8 Å². The van der Waals surface area contributed by atoms with Gasteiger partial charge in [-0.15, -0.1) is 0 Å². The fraction of sp³-hybridized carbons (Fsp3) is 0.500. The average Bonchev–Trinajstić information content (AvgIpc) is 3.08. The molecular formula is C16H19FN2O2. The van der Waals surface area contributed by atoms with E-state index in [2.05, 4.69) is 0 Å². The van der Waals surface area contributed by atoms with Crippen molar-refractivity contribution in [2.75, 3.05) is 24.5 Å². The lowest BCUT2D eigenvalue weighted by Gasteiger charge is -2.21. The van der Waals surface area contributed by atoms with Gasteiger partial charge in [0.15, 0.2) is 0 Å². The quantitative estimate of drug-likeness (QED) is 0.783. The van der Waals surface area contributed by atoms with E-state index in [0.29, 0.717) is 18.7 Å². The molecule has 0 aromatic heterocycles. The summed E-state index contributed by atoms with van der Waals surface area (Å²) < 4.78 is 13.2. The Balaban J connectivity index is 1.78. The van der Waals surface area contributed by atoms with Crippen molar-refractivity contribution in [3.05, 3.63) is 29.6 Å². The van der Waals surface area contributed by atoms with E-state index < -0.39 is 5.92 Å². The number of rotatable bonds is 2. The lowest BCUT2D eigenvalue weighted by atomic mass is 10.1. The van der Waals surface area contributed by atoms with Crippen LogP contribution >= 0.6 is 0 Å². The van der Waals surface area contributed by atoms with Crippen LogP contribution in [0.25, 0.3) is 0 Å². The van der Waals surface area contributed by atoms with E-state index in [1.165, 1.54) is 12.1 Å². The first-order valence-electron chi connectivity index (χ1n) is 7.44. The molecule has 2 saturated heterocycles. The number of amides is 2. The first-order chi connectivity index (χ1) is 10.1. The molecule has 4 nitrogen and oxygen atoms in total. The second-order valence-electron chi connectivity index (χ2n) is 5.79. The molecule has 0 radical (unpaired) electrons. The molecule has 2 fully saturated rings. The summed E-state index contributed by atoms with van der Waals surface area (Å²) >= 11 is 0. The summed E-state index contributed by atoms with van der Waals surface area (Å²) in [6.07, 6.45) is 2.59. The zero-order valence-corrected chi connectivity index (χ0v) is 12.1. The first-order valence-corrected chi connectivity index (χ1v) is 7.44. The van der Waals surface area contributed by atoms with E-state index in [-0.39, 0.29) is 17.6 Å². The largest absolute Gasteiger partial charge is 0.342 e. The third kappa shape index (κ3) is 2.52. The number of carbonyl (C=O) groups excluding carboxylic acids is 2. The Bertz CT molecular complexity index is 582. The Hall–Kier alpha value is -1.91. The topological polar surface area (TPSA) is 40.6 Å². The van der Waals surface area contributed by atoms with Crippen molar-refractivity contribution in [3.63, 3.8) is 0 Å². The second-order valence-corrected chi connectivity index (χ2v) is 5.79. The van der Waals surface area contributed by atoms with E-state index in [0.717, 1.165) is 31.5 Å². The Morgan fingerprint density at radius 2 is 1.95 bits per heavy atom. The van der Waals surface area contributed by atoms with Crippen LogP contribution in [0.5, 0.6) is 0 Å². The van der Waals surface area contributed by atoms with Crippen LogP contribution in [0.4, 0.5) is 10.1 Å². The normalized spacial score (nSPS) is 22.2. The van der Waals surface area contributed by atoms with Crippen LogP contribution < -0.4 is 4.90 Å². The Labute approximate surface area is 123 Å². The summed E-state index contributed by atoms with van der Waals surface area (Å²) in [6, 6.07) is 4.38. The molecule has 0 spiro atoms. The van der Waals surface area contributed by atoms with Crippen molar-refractivity contribution >= 4 is 17.5 Å².